The van der Waals surface area contributed by atoms with Gasteiger partial charge in [-0.1, -0.05) is 6.07 Å². The van der Waals surface area contributed by atoms with Crippen molar-refractivity contribution in [3.8, 4) is 22.8 Å². The lowest BCUT2D eigenvalue weighted by atomic mass is 10.1. The van der Waals surface area contributed by atoms with Crippen LogP contribution in [-0.4, -0.2) is 51.3 Å². The van der Waals surface area contributed by atoms with E-state index in [0.29, 0.717) is 11.5 Å². The average Bonchev–Trinajstić information content (AvgIpc) is 2.69. The van der Waals surface area contributed by atoms with E-state index in [1.807, 2.05) is 18.2 Å². The van der Waals surface area contributed by atoms with Crippen molar-refractivity contribution in [2.24, 2.45) is 0 Å². The molecule has 4 heterocycles. The normalized spacial score (nSPS) is 14.6. The van der Waals surface area contributed by atoms with Gasteiger partial charge in [0.1, 0.15) is 0 Å². The van der Waals surface area contributed by atoms with Crippen LogP contribution < -0.4 is 10.2 Å². The molecular weight excluding hydrogens is 302 g/mol. The molecule has 3 aromatic heterocycles. The molecule has 0 unspecified atom stereocenters. The van der Waals surface area contributed by atoms with Crippen molar-refractivity contribution >= 4 is 5.69 Å². The lowest BCUT2D eigenvalue weighted by Gasteiger charge is -2.31. The zero-order valence-electron chi connectivity index (χ0n) is 13.1. The Morgan fingerprint density at radius 1 is 0.917 bits per heavy atom. The van der Waals surface area contributed by atoms with Gasteiger partial charge in [-0.15, -0.1) is 5.10 Å². The van der Waals surface area contributed by atoms with E-state index < -0.39 is 0 Å². The minimum absolute atomic E-state index is 0.580. The summed E-state index contributed by atoms with van der Waals surface area (Å²) in [7, 11) is 0. The summed E-state index contributed by atoms with van der Waals surface area (Å²) in [4.78, 5) is 15.5. The molecule has 0 bridgehead atoms. The van der Waals surface area contributed by atoms with Crippen LogP contribution in [0.1, 0.15) is 0 Å². The maximum atomic E-state index is 4.49. The van der Waals surface area contributed by atoms with E-state index in [0.717, 1.165) is 43.1 Å². The van der Waals surface area contributed by atoms with Crippen LogP contribution in [0.4, 0.5) is 5.69 Å². The number of nitrogens with zero attached hydrogens (tertiary/aromatic N) is 6. The summed E-state index contributed by atoms with van der Waals surface area (Å²) in [5, 5.41) is 11.9. The molecule has 4 rings (SSSR count). The molecule has 0 atom stereocenters. The van der Waals surface area contributed by atoms with Gasteiger partial charge in [0.15, 0.2) is 11.5 Å². The Bertz CT molecular complexity index is 744. The quantitative estimate of drug-likeness (QED) is 0.781. The number of hydrogen-bond acceptors (Lipinski definition) is 7. The van der Waals surface area contributed by atoms with E-state index >= 15 is 0 Å². The summed E-state index contributed by atoms with van der Waals surface area (Å²) in [6.07, 6.45) is 7.00. The Balaban J connectivity index is 1.90. The van der Waals surface area contributed by atoms with E-state index in [1.165, 1.54) is 0 Å². The van der Waals surface area contributed by atoms with Crippen LogP contribution in [0.2, 0.25) is 0 Å². The van der Waals surface area contributed by atoms with Gasteiger partial charge in [0.2, 0.25) is 0 Å². The second-order valence-electron chi connectivity index (χ2n) is 5.48. The third-order valence-electron chi connectivity index (χ3n) is 3.98. The molecule has 120 valence electrons. The first-order valence-corrected chi connectivity index (χ1v) is 7.93. The standard InChI is InChI=1S/C17H17N7/c1-2-5-19-14(4-1)13-12-22-23-15(17-20-6-3-7-21-17)16(13)24-10-8-18-9-11-24/h1-7,12,18H,8-11H2. The van der Waals surface area contributed by atoms with Gasteiger partial charge in [-0.05, 0) is 18.2 Å². The topological polar surface area (TPSA) is 79.7 Å². The van der Waals surface area contributed by atoms with E-state index in [1.54, 1.807) is 30.9 Å². The predicted molar refractivity (Wildman–Crippen MR) is 91.4 cm³/mol. The van der Waals surface area contributed by atoms with E-state index in [2.05, 4.69) is 35.4 Å². The number of aromatic nitrogens is 5. The van der Waals surface area contributed by atoms with Crippen LogP contribution >= 0.6 is 0 Å². The number of hydrogen-bond donors (Lipinski definition) is 1. The maximum absolute atomic E-state index is 4.49. The Morgan fingerprint density at radius 2 is 1.71 bits per heavy atom. The van der Waals surface area contributed by atoms with Crippen LogP contribution in [0.5, 0.6) is 0 Å². The average molecular weight is 319 g/mol. The minimum atomic E-state index is 0.580. The highest BCUT2D eigenvalue weighted by atomic mass is 15.2. The molecule has 0 spiro atoms. The predicted octanol–water partition coefficient (Wildman–Crippen LogP) is 1.41. The highest BCUT2D eigenvalue weighted by molar-refractivity contribution is 5.85. The number of anilines is 1. The first-order chi connectivity index (χ1) is 11.9. The van der Waals surface area contributed by atoms with Crippen LogP contribution in [-0.2, 0) is 0 Å². The summed E-state index contributed by atoms with van der Waals surface area (Å²) in [6, 6.07) is 7.66. The fraction of sp³-hybridized carbons (Fsp3) is 0.235. The lowest BCUT2D eigenvalue weighted by Crippen LogP contribution is -2.44. The van der Waals surface area contributed by atoms with Crippen molar-refractivity contribution in [2.75, 3.05) is 31.1 Å². The van der Waals surface area contributed by atoms with Crippen LogP contribution in [0.25, 0.3) is 22.8 Å². The molecule has 7 heteroatoms. The highest BCUT2D eigenvalue weighted by Crippen LogP contribution is 2.35. The third kappa shape index (κ3) is 2.81. The van der Waals surface area contributed by atoms with Gasteiger partial charge in [-0.2, -0.15) is 5.10 Å². The first-order valence-electron chi connectivity index (χ1n) is 7.93. The first kappa shape index (κ1) is 14.6. The van der Waals surface area contributed by atoms with Crippen LogP contribution in [0.3, 0.4) is 0 Å². The highest BCUT2D eigenvalue weighted by Gasteiger charge is 2.23. The molecule has 1 aliphatic rings. The van der Waals surface area contributed by atoms with Gasteiger partial charge in [0, 0.05) is 50.3 Å². The van der Waals surface area contributed by atoms with Crippen LogP contribution in [0, 0.1) is 0 Å². The Labute approximate surface area is 139 Å². The van der Waals surface area contributed by atoms with Crippen molar-refractivity contribution in [3.63, 3.8) is 0 Å². The van der Waals surface area contributed by atoms with Gasteiger partial charge in [0.25, 0.3) is 0 Å². The van der Waals surface area contributed by atoms with Crippen molar-refractivity contribution < 1.29 is 0 Å². The summed E-state index contributed by atoms with van der Waals surface area (Å²) in [6.45, 7) is 3.65. The van der Waals surface area contributed by atoms with Gasteiger partial charge in [-0.25, -0.2) is 9.97 Å². The third-order valence-corrected chi connectivity index (χ3v) is 3.98. The molecule has 0 amide bonds. The summed E-state index contributed by atoms with van der Waals surface area (Å²) in [5.74, 6) is 0.580. The number of piperazine rings is 1. The zero-order chi connectivity index (χ0) is 16.2. The lowest BCUT2D eigenvalue weighted by molar-refractivity contribution is 0.589. The van der Waals surface area contributed by atoms with Crippen molar-refractivity contribution in [1.82, 2.24) is 30.5 Å². The SMILES string of the molecule is c1ccc(-c2cnnc(-c3ncccn3)c2N2CCNCC2)nc1. The van der Waals surface area contributed by atoms with Crippen molar-refractivity contribution in [1.29, 1.82) is 0 Å². The van der Waals surface area contributed by atoms with Gasteiger partial charge >= 0.3 is 0 Å². The summed E-state index contributed by atoms with van der Waals surface area (Å²) >= 11 is 0. The molecular formula is C17H17N7. The molecule has 24 heavy (non-hydrogen) atoms. The number of nitrogens with one attached hydrogen (secondary N) is 1. The molecule has 3 aromatic rings. The molecule has 0 radical (unpaired) electrons. The largest absolute Gasteiger partial charge is 0.366 e. The number of pyridine rings is 1. The monoisotopic (exact) mass is 319 g/mol. The molecule has 0 saturated carbocycles. The van der Waals surface area contributed by atoms with Gasteiger partial charge < -0.3 is 10.2 Å². The Hall–Kier alpha value is -2.93. The Morgan fingerprint density at radius 3 is 2.46 bits per heavy atom. The molecule has 1 saturated heterocycles. The summed E-state index contributed by atoms with van der Waals surface area (Å²) < 4.78 is 0. The van der Waals surface area contributed by atoms with E-state index in [4.69, 9.17) is 0 Å². The van der Waals surface area contributed by atoms with Crippen LogP contribution in [0.15, 0.2) is 49.1 Å². The molecule has 0 aliphatic carbocycles. The molecule has 1 N–H and O–H groups in total. The Kier molecular flexibility index (Phi) is 4.07. The van der Waals surface area contributed by atoms with E-state index in [-0.39, 0.29) is 0 Å². The molecule has 1 fully saturated rings. The molecule has 0 aromatic carbocycles. The molecule has 1 aliphatic heterocycles. The van der Waals surface area contributed by atoms with Gasteiger partial charge in [-0.3, -0.25) is 4.98 Å². The van der Waals surface area contributed by atoms with Gasteiger partial charge in [0.05, 0.1) is 17.6 Å². The van der Waals surface area contributed by atoms with Crippen molar-refractivity contribution in [3.05, 3.63) is 49.1 Å². The fourth-order valence-electron chi connectivity index (χ4n) is 2.87. The van der Waals surface area contributed by atoms with Crippen molar-refractivity contribution in [2.45, 2.75) is 0 Å². The fourth-order valence-corrected chi connectivity index (χ4v) is 2.87. The smallest absolute Gasteiger partial charge is 0.182 e. The van der Waals surface area contributed by atoms with E-state index in [9.17, 15) is 0 Å². The zero-order valence-corrected chi connectivity index (χ0v) is 13.1. The number of rotatable bonds is 3. The summed E-state index contributed by atoms with van der Waals surface area (Å²) in [5.41, 5.74) is 3.52. The second-order valence-corrected chi connectivity index (χ2v) is 5.48. The second kappa shape index (κ2) is 6.67. The maximum Gasteiger partial charge on any atom is 0.182 e. The molecule has 7 nitrogen and oxygen atoms in total. The minimum Gasteiger partial charge on any atom is -0.366 e.